The summed E-state index contributed by atoms with van der Waals surface area (Å²) in [6, 6.07) is 4.59. The predicted octanol–water partition coefficient (Wildman–Crippen LogP) is 0.0420. The quantitative estimate of drug-likeness (QED) is 0.281. The number of para-hydroxylation sites is 1. The van der Waals surface area contributed by atoms with Gasteiger partial charge in [0.05, 0.1) is 5.69 Å². The van der Waals surface area contributed by atoms with E-state index in [0.717, 1.165) is 6.08 Å². The third-order valence-electron chi connectivity index (χ3n) is 1.77. The van der Waals surface area contributed by atoms with Crippen molar-refractivity contribution in [2.24, 2.45) is 5.73 Å². The number of aromatic hydroxyl groups is 1. The molecule has 5 N–H and O–H groups in total. The molecule has 0 unspecified atom stereocenters. The Labute approximate surface area is 86.0 Å². The molecule has 0 atom stereocenters. The van der Waals surface area contributed by atoms with Crippen molar-refractivity contribution in [2.45, 2.75) is 0 Å². The maximum absolute atomic E-state index is 10.8. The number of primary amides is 1. The molecule has 0 saturated heterocycles. The van der Waals surface area contributed by atoms with Crippen LogP contribution in [0.15, 0.2) is 24.3 Å². The summed E-state index contributed by atoms with van der Waals surface area (Å²) in [4.78, 5) is 21.3. The number of hydrogen-bond acceptors (Lipinski definition) is 4. The summed E-state index contributed by atoms with van der Waals surface area (Å²) >= 11 is 0. The summed E-state index contributed by atoms with van der Waals surface area (Å²) in [5, 5.41) is 9.24. The van der Waals surface area contributed by atoms with Crippen LogP contribution in [0.5, 0.6) is 5.75 Å². The van der Waals surface area contributed by atoms with E-state index in [0.29, 0.717) is 5.56 Å². The molecule has 5 heteroatoms. The number of carbonyl (C=O) groups excluding carboxylic acids is 2. The largest absolute Gasteiger partial charge is 0.506 e. The second-order valence-corrected chi connectivity index (χ2v) is 2.84. The van der Waals surface area contributed by atoms with Gasteiger partial charge in [0.15, 0.2) is 0 Å². The molecule has 1 rings (SSSR count). The zero-order valence-corrected chi connectivity index (χ0v) is 7.81. The molecule has 0 spiro atoms. The molecular weight excluding hydrogens is 196 g/mol. The van der Waals surface area contributed by atoms with Crippen molar-refractivity contribution in [1.29, 1.82) is 0 Å². The molecule has 1 amide bonds. The van der Waals surface area contributed by atoms with Gasteiger partial charge in [-0.15, -0.1) is 0 Å². The van der Waals surface area contributed by atoms with Gasteiger partial charge >= 0.3 is 0 Å². The lowest BCUT2D eigenvalue weighted by Crippen LogP contribution is -2.20. The number of ketones is 1. The van der Waals surface area contributed by atoms with Gasteiger partial charge in [-0.3, -0.25) is 9.59 Å². The highest BCUT2D eigenvalue weighted by atomic mass is 16.3. The van der Waals surface area contributed by atoms with Crippen molar-refractivity contribution in [3.8, 4) is 5.75 Å². The average molecular weight is 206 g/mol. The van der Waals surface area contributed by atoms with Gasteiger partial charge in [0.1, 0.15) is 5.75 Å². The van der Waals surface area contributed by atoms with Gasteiger partial charge in [-0.1, -0.05) is 12.1 Å². The molecule has 0 fully saturated rings. The first-order valence-electron chi connectivity index (χ1n) is 4.11. The highest BCUT2D eigenvalue weighted by Gasteiger charge is 2.04. The Kier molecular flexibility index (Phi) is 3.07. The van der Waals surface area contributed by atoms with E-state index < -0.39 is 11.7 Å². The minimum Gasteiger partial charge on any atom is -0.506 e. The Bertz CT molecular complexity index is 438. The van der Waals surface area contributed by atoms with Crippen LogP contribution in [0.1, 0.15) is 5.56 Å². The Hall–Kier alpha value is -2.30. The van der Waals surface area contributed by atoms with E-state index in [1.54, 1.807) is 12.1 Å². The van der Waals surface area contributed by atoms with Crippen LogP contribution in [0.2, 0.25) is 0 Å². The highest BCUT2D eigenvalue weighted by molar-refractivity contribution is 6.40. The number of phenolic OH excluding ortho intramolecular Hbond substituents is 1. The fraction of sp³-hybridized carbons (Fsp3) is 0. The molecular formula is C10H10N2O3. The maximum Gasteiger partial charge on any atom is 0.289 e. The SMILES string of the molecule is NC(=O)C(=O)/C=C/c1cccc(O)c1N. The number of amides is 1. The normalized spacial score (nSPS) is 10.4. The standard InChI is InChI=1S/C10H10N2O3/c11-9-6(2-1-3-7(9)13)4-5-8(14)10(12)15/h1-5,13H,11H2,(H2,12,15)/b5-4+. The molecule has 1 aromatic carbocycles. The zero-order valence-electron chi connectivity index (χ0n) is 7.81. The van der Waals surface area contributed by atoms with Gasteiger partial charge in [0.25, 0.3) is 5.91 Å². The van der Waals surface area contributed by atoms with Crippen LogP contribution >= 0.6 is 0 Å². The number of anilines is 1. The Balaban J connectivity index is 2.95. The summed E-state index contributed by atoms with van der Waals surface area (Å²) in [5.74, 6) is -1.94. The summed E-state index contributed by atoms with van der Waals surface area (Å²) in [7, 11) is 0. The molecule has 5 nitrogen and oxygen atoms in total. The van der Waals surface area contributed by atoms with Crippen molar-refractivity contribution in [1.82, 2.24) is 0 Å². The van der Waals surface area contributed by atoms with Crippen molar-refractivity contribution in [2.75, 3.05) is 5.73 Å². The fourth-order valence-electron chi connectivity index (χ4n) is 0.963. The first kappa shape index (κ1) is 10.8. The van der Waals surface area contributed by atoms with E-state index in [2.05, 4.69) is 0 Å². The molecule has 0 radical (unpaired) electrons. The molecule has 0 bridgehead atoms. The van der Waals surface area contributed by atoms with Crippen molar-refractivity contribution < 1.29 is 14.7 Å². The molecule has 0 heterocycles. The lowest BCUT2D eigenvalue weighted by molar-refractivity contribution is -0.133. The van der Waals surface area contributed by atoms with Gasteiger partial charge in [-0.05, 0) is 18.2 Å². The maximum atomic E-state index is 10.8. The van der Waals surface area contributed by atoms with Crippen LogP contribution in [0.25, 0.3) is 6.08 Å². The van der Waals surface area contributed by atoms with E-state index in [4.69, 9.17) is 11.5 Å². The smallest absolute Gasteiger partial charge is 0.289 e. The molecule has 78 valence electrons. The molecule has 1 aromatic rings. The molecule has 0 aromatic heterocycles. The van der Waals surface area contributed by atoms with Gasteiger partial charge in [-0.25, -0.2) is 0 Å². The van der Waals surface area contributed by atoms with E-state index >= 15 is 0 Å². The number of rotatable bonds is 3. The molecule has 0 aliphatic heterocycles. The number of nitrogen functional groups attached to an aromatic ring is 1. The van der Waals surface area contributed by atoms with Crippen LogP contribution in [0.3, 0.4) is 0 Å². The second kappa shape index (κ2) is 4.28. The topological polar surface area (TPSA) is 106 Å². The summed E-state index contributed by atoms with van der Waals surface area (Å²) in [6.45, 7) is 0. The fourth-order valence-corrected chi connectivity index (χ4v) is 0.963. The van der Waals surface area contributed by atoms with Crippen LogP contribution in [0, 0.1) is 0 Å². The third-order valence-corrected chi connectivity index (χ3v) is 1.77. The molecule has 15 heavy (non-hydrogen) atoms. The van der Waals surface area contributed by atoms with Gasteiger partial charge in [0.2, 0.25) is 5.78 Å². The van der Waals surface area contributed by atoms with E-state index in [-0.39, 0.29) is 11.4 Å². The predicted molar refractivity (Wildman–Crippen MR) is 55.8 cm³/mol. The van der Waals surface area contributed by atoms with E-state index in [1.807, 2.05) is 0 Å². The van der Waals surface area contributed by atoms with Gasteiger partial charge in [0, 0.05) is 5.56 Å². The van der Waals surface area contributed by atoms with Crippen LogP contribution in [0.4, 0.5) is 5.69 Å². The Morgan fingerprint density at radius 1 is 1.33 bits per heavy atom. The molecule has 0 aliphatic rings. The Morgan fingerprint density at radius 3 is 2.60 bits per heavy atom. The van der Waals surface area contributed by atoms with Crippen LogP contribution in [-0.2, 0) is 9.59 Å². The highest BCUT2D eigenvalue weighted by Crippen LogP contribution is 2.24. The minimum atomic E-state index is -1.04. The first-order chi connectivity index (χ1) is 7.02. The lowest BCUT2D eigenvalue weighted by atomic mass is 10.1. The van der Waals surface area contributed by atoms with Gasteiger partial charge in [-0.2, -0.15) is 0 Å². The summed E-state index contributed by atoms with van der Waals surface area (Å²) in [5.41, 5.74) is 10.9. The van der Waals surface area contributed by atoms with Gasteiger partial charge < -0.3 is 16.6 Å². The Morgan fingerprint density at radius 2 is 2.00 bits per heavy atom. The molecule has 0 saturated carbocycles. The van der Waals surface area contributed by atoms with Crippen LogP contribution < -0.4 is 11.5 Å². The summed E-state index contributed by atoms with van der Waals surface area (Å²) < 4.78 is 0. The van der Waals surface area contributed by atoms with E-state index in [9.17, 15) is 14.7 Å². The number of phenols is 1. The minimum absolute atomic E-state index is 0.0799. The second-order valence-electron chi connectivity index (χ2n) is 2.84. The lowest BCUT2D eigenvalue weighted by Gasteiger charge is -2.01. The van der Waals surface area contributed by atoms with E-state index in [1.165, 1.54) is 12.1 Å². The molecule has 0 aliphatic carbocycles. The number of nitrogens with two attached hydrogens (primary N) is 2. The van der Waals surface area contributed by atoms with Crippen molar-refractivity contribution in [3.63, 3.8) is 0 Å². The van der Waals surface area contributed by atoms with Crippen molar-refractivity contribution >= 4 is 23.5 Å². The number of benzene rings is 1. The average Bonchev–Trinajstić information content (AvgIpc) is 2.19. The number of hydrogen-bond donors (Lipinski definition) is 3. The summed E-state index contributed by atoms with van der Waals surface area (Å²) in [6.07, 6.45) is 2.33. The van der Waals surface area contributed by atoms with Crippen molar-refractivity contribution in [3.05, 3.63) is 29.8 Å². The monoisotopic (exact) mass is 206 g/mol. The zero-order chi connectivity index (χ0) is 11.4. The first-order valence-corrected chi connectivity index (χ1v) is 4.11. The number of carbonyl (C=O) groups is 2. The van der Waals surface area contributed by atoms with Crippen LogP contribution in [-0.4, -0.2) is 16.8 Å². The third kappa shape index (κ3) is 2.57.